The number of nitrogens with zero attached hydrogens (tertiary/aromatic N) is 1. The molecule has 1 saturated carbocycles. The Morgan fingerprint density at radius 2 is 2.06 bits per heavy atom. The van der Waals surface area contributed by atoms with Gasteiger partial charge in [-0.3, -0.25) is 10.6 Å². The third kappa shape index (κ3) is 2.48. The highest BCUT2D eigenvalue weighted by Crippen LogP contribution is 2.24. The van der Waals surface area contributed by atoms with Gasteiger partial charge in [-0.05, 0) is 43.5 Å². The zero-order valence-electron chi connectivity index (χ0n) is 11.1. The Labute approximate surface area is 108 Å². The lowest BCUT2D eigenvalue weighted by molar-refractivity contribution is 0.0735. The first-order chi connectivity index (χ1) is 8.63. The molecule has 0 spiro atoms. The highest BCUT2D eigenvalue weighted by Gasteiger charge is 2.24. The average Bonchev–Trinajstić information content (AvgIpc) is 2.90. The van der Waals surface area contributed by atoms with Gasteiger partial charge in [0.2, 0.25) is 0 Å². The van der Waals surface area contributed by atoms with Crippen LogP contribution in [0.5, 0.6) is 0 Å². The van der Waals surface area contributed by atoms with Gasteiger partial charge in [0, 0.05) is 18.7 Å². The van der Waals surface area contributed by atoms with Gasteiger partial charge in [0.15, 0.2) is 0 Å². The molecular formula is C14H21N3O. The number of benzene rings is 1. The van der Waals surface area contributed by atoms with Crippen LogP contribution in [0.1, 0.15) is 41.6 Å². The number of hydrogen-bond donors (Lipinski definition) is 2. The summed E-state index contributed by atoms with van der Waals surface area (Å²) >= 11 is 0. The predicted molar refractivity (Wildman–Crippen MR) is 73.3 cm³/mol. The molecule has 1 aliphatic carbocycles. The van der Waals surface area contributed by atoms with E-state index in [1.54, 1.807) is 0 Å². The van der Waals surface area contributed by atoms with E-state index in [2.05, 4.69) is 5.43 Å². The minimum absolute atomic E-state index is 0.105. The van der Waals surface area contributed by atoms with Crippen molar-refractivity contribution >= 4 is 11.6 Å². The van der Waals surface area contributed by atoms with Gasteiger partial charge in [0.1, 0.15) is 0 Å². The Morgan fingerprint density at radius 1 is 1.39 bits per heavy atom. The van der Waals surface area contributed by atoms with Gasteiger partial charge in [-0.15, -0.1) is 0 Å². The molecule has 1 fully saturated rings. The van der Waals surface area contributed by atoms with Gasteiger partial charge in [-0.2, -0.15) is 0 Å². The molecule has 0 unspecified atom stereocenters. The molecule has 0 heterocycles. The molecule has 1 aliphatic rings. The van der Waals surface area contributed by atoms with Gasteiger partial charge >= 0.3 is 0 Å². The zero-order chi connectivity index (χ0) is 13.1. The summed E-state index contributed by atoms with van der Waals surface area (Å²) in [5.74, 6) is 5.50. The number of hydrazine groups is 1. The summed E-state index contributed by atoms with van der Waals surface area (Å²) in [4.78, 5) is 14.2. The molecule has 4 heteroatoms. The number of rotatable bonds is 3. The van der Waals surface area contributed by atoms with Crippen molar-refractivity contribution in [1.82, 2.24) is 4.90 Å². The number of anilines is 1. The number of amides is 1. The molecule has 2 rings (SSSR count). The number of nitrogen functional groups attached to an aromatic ring is 1. The summed E-state index contributed by atoms with van der Waals surface area (Å²) in [5.41, 5.74) is 5.20. The summed E-state index contributed by atoms with van der Waals surface area (Å²) in [6.45, 7) is 1.95. The highest BCUT2D eigenvalue weighted by atomic mass is 16.2. The number of hydrogen-bond acceptors (Lipinski definition) is 3. The number of nitrogens with one attached hydrogen (secondary N) is 1. The van der Waals surface area contributed by atoms with E-state index in [4.69, 9.17) is 5.84 Å². The first-order valence-electron chi connectivity index (χ1n) is 6.48. The average molecular weight is 247 g/mol. The molecule has 0 aliphatic heterocycles. The van der Waals surface area contributed by atoms with Crippen molar-refractivity contribution in [1.29, 1.82) is 0 Å². The standard InChI is InChI=1S/C14H21N3O/c1-10-9-11(7-8-13(10)16-15)14(18)17(2)12-5-3-4-6-12/h7-9,12,16H,3-6,15H2,1-2H3. The molecule has 1 aromatic carbocycles. The van der Waals surface area contributed by atoms with E-state index in [0.29, 0.717) is 6.04 Å². The quantitative estimate of drug-likeness (QED) is 0.636. The summed E-state index contributed by atoms with van der Waals surface area (Å²) in [5, 5.41) is 0. The monoisotopic (exact) mass is 247 g/mol. The molecule has 4 nitrogen and oxygen atoms in total. The molecular weight excluding hydrogens is 226 g/mol. The normalized spacial score (nSPS) is 15.7. The summed E-state index contributed by atoms with van der Waals surface area (Å²) in [6.07, 6.45) is 4.72. The van der Waals surface area contributed by atoms with E-state index in [1.165, 1.54) is 12.8 Å². The van der Waals surface area contributed by atoms with Gasteiger partial charge < -0.3 is 10.3 Å². The lowest BCUT2D eigenvalue weighted by atomic mass is 10.1. The Morgan fingerprint density at radius 3 is 2.61 bits per heavy atom. The van der Waals surface area contributed by atoms with Crippen LogP contribution in [0.15, 0.2) is 18.2 Å². The van der Waals surface area contributed by atoms with Crippen LogP contribution in [0.4, 0.5) is 5.69 Å². The Balaban J connectivity index is 2.15. The lowest BCUT2D eigenvalue weighted by Gasteiger charge is -2.24. The molecule has 18 heavy (non-hydrogen) atoms. The maximum atomic E-state index is 12.4. The predicted octanol–water partition coefficient (Wildman–Crippen LogP) is 2.30. The van der Waals surface area contributed by atoms with E-state index >= 15 is 0 Å². The van der Waals surface area contributed by atoms with Gasteiger partial charge in [-0.1, -0.05) is 12.8 Å². The smallest absolute Gasteiger partial charge is 0.253 e. The van der Waals surface area contributed by atoms with Crippen LogP contribution >= 0.6 is 0 Å². The van der Waals surface area contributed by atoms with Crippen molar-refractivity contribution < 1.29 is 4.79 Å². The summed E-state index contributed by atoms with van der Waals surface area (Å²) in [7, 11) is 1.91. The van der Waals surface area contributed by atoms with Crippen molar-refractivity contribution in [3.63, 3.8) is 0 Å². The second-order valence-electron chi connectivity index (χ2n) is 5.03. The van der Waals surface area contributed by atoms with Crippen molar-refractivity contribution in [2.45, 2.75) is 38.6 Å². The largest absolute Gasteiger partial charge is 0.339 e. The number of carbonyl (C=O) groups excluding carboxylic acids is 1. The fourth-order valence-electron chi connectivity index (χ4n) is 2.62. The van der Waals surface area contributed by atoms with Crippen molar-refractivity contribution in [3.8, 4) is 0 Å². The molecule has 3 N–H and O–H groups in total. The molecule has 98 valence electrons. The molecule has 0 saturated heterocycles. The molecule has 0 aromatic heterocycles. The molecule has 1 amide bonds. The fraction of sp³-hybridized carbons (Fsp3) is 0.500. The maximum absolute atomic E-state index is 12.4. The van der Waals surface area contributed by atoms with Crippen LogP contribution in [0.25, 0.3) is 0 Å². The molecule has 1 aromatic rings. The third-order valence-electron chi connectivity index (χ3n) is 3.82. The second kappa shape index (κ2) is 5.40. The van der Waals surface area contributed by atoms with E-state index in [1.807, 2.05) is 37.1 Å². The minimum Gasteiger partial charge on any atom is -0.339 e. The Kier molecular flexibility index (Phi) is 3.87. The van der Waals surface area contributed by atoms with Crippen LogP contribution in [0, 0.1) is 6.92 Å². The second-order valence-corrected chi connectivity index (χ2v) is 5.03. The van der Waals surface area contributed by atoms with Gasteiger partial charge in [0.05, 0.1) is 5.69 Å². The third-order valence-corrected chi connectivity index (χ3v) is 3.82. The number of carbonyl (C=O) groups is 1. The molecule has 0 bridgehead atoms. The zero-order valence-corrected chi connectivity index (χ0v) is 11.1. The minimum atomic E-state index is 0.105. The van der Waals surface area contributed by atoms with Gasteiger partial charge in [-0.25, -0.2) is 0 Å². The maximum Gasteiger partial charge on any atom is 0.253 e. The number of aryl methyl sites for hydroxylation is 1. The Bertz CT molecular complexity index is 439. The van der Waals surface area contributed by atoms with Crippen molar-refractivity contribution in [2.75, 3.05) is 12.5 Å². The first-order valence-corrected chi connectivity index (χ1v) is 6.48. The fourth-order valence-corrected chi connectivity index (χ4v) is 2.62. The SMILES string of the molecule is Cc1cc(C(=O)N(C)C2CCCC2)ccc1NN. The van der Waals surface area contributed by atoms with E-state index in [9.17, 15) is 4.79 Å². The summed E-state index contributed by atoms with van der Waals surface area (Å²) in [6, 6.07) is 5.98. The van der Waals surface area contributed by atoms with E-state index in [0.717, 1.165) is 29.7 Å². The highest BCUT2D eigenvalue weighted by molar-refractivity contribution is 5.95. The van der Waals surface area contributed by atoms with Crippen LogP contribution in [-0.2, 0) is 0 Å². The lowest BCUT2D eigenvalue weighted by Crippen LogP contribution is -2.35. The van der Waals surface area contributed by atoms with Crippen LogP contribution < -0.4 is 11.3 Å². The topological polar surface area (TPSA) is 58.4 Å². The van der Waals surface area contributed by atoms with Gasteiger partial charge in [0.25, 0.3) is 5.91 Å². The summed E-state index contributed by atoms with van der Waals surface area (Å²) < 4.78 is 0. The van der Waals surface area contributed by atoms with Crippen molar-refractivity contribution in [2.24, 2.45) is 5.84 Å². The van der Waals surface area contributed by atoms with Crippen molar-refractivity contribution in [3.05, 3.63) is 29.3 Å². The molecule has 0 atom stereocenters. The van der Waals surface area contributed by atoms with Crippen LogP contribution in [0.2, 0.25) is 0 Å². The molecule has 0 radical (unpaired) electrons. The van der Waals surface area contributed by atoms with Crippen LogP contribution in [0.3, 0.4) is 0 Å². The van der Waals surface area contributed by atoms with Crippen LogP contribution in [-0.4, -0.2) is 23.9 Å². The number of nitrogens with two attached hydrogens (primary N) is 1. The van der Waals surface area contributed by atoms with E-state index < -0.39 is 0 Å². The Hall–Kier alpha value is -1.55. The van der Waals surface area contributed by atoms with E-state index in [-0.39, 0.29) is 5.91 Å². The first kappa shape index (κ1) is 12.9.